The molecule has 5 rings (SSSR count). The predicted octanol–water partition coefficient (Wildman–Crippen LogP) is 0.824. The molecule has 0 spiro atoms. The van der Waals surface area contributed by atoms with Crippen molar-refractivity contribution in [1.29, 1.82) is 0 Å². The van der Waals surface area contributed by atoms with E-state index in [1.54, 1.807) is 0 Å². The lowest BCUT2D eigenvalue weighted by molar-refractivity contribution is -0.616. The zero-order chi connectivity index (χ0) is 13.1. The second-order valence-electron chi connectivity index (χ2n) is 6.67. The monoisotopic (exact) mass is 263 g/mol. The van der Waals surface area contributed by atoms with Crippen LogP contribution in [0.25, 0.3) is 0 Å². The quantitative estimate of drug-likeness (QED) is 0.414. The average Bonchev–Trinajstić information content (AvgIpc) is 2.89. The van der Waals surface area contributed by atoms with E-state index in [0.29, 0.717) is 12.1 Å². The summed E-state index contributed by atoms with van der Waals surface area (Å²) in [4.78, 5) is 11.6. The van der Waals surface area contributed by atoms with E-state index in [0.717, 1.165) is 12.1 Å². The van der Waals surface area contributed by atoms with Gasteiger partial charge in [0.05, 0.1) is 17.3 Å². The molecular formula is C12H13N3O4. The van der Waals surface area contributed by atoms with Crippen molar-refractivity contribution in [3.05, 3.63) is 10.1 Å². The summed E-state index contributed by atoms with van der Waals surface area (Å²) in [5.74, 6) is 0.216. The molecule has 8 atom stereocenters. The fourth-order valence-corrected chi connectivity index (χ4v) is 6.74. The van der Waals surface area contributed by atoms with Crippen molar-refractivity contribution >= 4 is 11.4 Å². The van der Waals surface area contributed by atoms with Gasteiger partial charge in [-0.25, -0.2) is 0 Å². The van der Waals surface area contributed by atoms with Gasteiger partial charge < -0.3 is 10.4 Å². The minimum atomic E-state index is -0.928. The number of oxime groups is 2. The lowest BCUT2D eigenvalue weighted by Gasteiger charge is -2.47. The van der Waals surface area contributed by atoms with Crippen LogP contribution in [-0.4, -0.2) is 32.3 Å². The molecule has 0 amide bonds. The summed E-state index contributed by atoms with van der Waals surface area (Å²) in [6.07, 6.45) is 1.37. The SMILES string of the molecule is O=[N+]([O-])[C@@]12[C@@H]3[C@@H]4[C@H]1[C@@H]1C[C@H]4C(=NO)[C@H]3C[C@@H]2/C1=N/O. The number of rotatable bonds is 1. The van der Waals surface area contributed by atoms with Crippen LogP contribution in [0.4, 0.5) is 0 Å². The molecule has 19 heavy (non-hydrogen) atoms. The molecule has 0 saturated heterocycles. The van der Waals surface area contributed by atoms with Gasteiger partial charge in [-0.05, 0) is 18.8 Å². The molecule has 5 aliphatic carbocycles. The molecule has 5 saturated carbocycles. The summed E-state index contributed by atoms with van der Waals surface area (Å²) in [7, 11) is 0. The molecule has 0 aromatic rings. The van der Waals surface area contributed by atoms with Crippen molar-refractivity contribution in [1.82, 2.24) is 0 Å². The number of nitrogens with zero attached hydrogens (tertiary/aromatic N) is 3. The maximum Gasteiger partial charge on any atom is 0.237 e. The van der Waals surface area contributed by atoms with Gasteiger partial charge in [0.1, 0.15) is 0 Å². The van der Waals surface area contributed by atoms with Crippen molar-refractivity contribution in [2.75, 3.05) is 0 Å². The van der Waals surface area contributed by atoms with Crippen LogP contribution in [-0.2, 0) is 0 Å². The normalized spacial score (nSPS) is 63.1. The first-order chi connectivity index (χ1) is 9.17. The molecule has 0 aromatic carbocycles. The van der Waals surface area contributed by atoms with Gasteiger partial charge in [-0.2, -0.15) is 0 Å². The van der Waals surface area contributed by atoms with Gasteiger partial charge in [-0.1, -0.05) is 10.3 Å². The van der Waals surface area contributed by atoms with Crippen LogP contribution in [0.2, 0.25) is 0 Å². The minimum Gasteiger partial charge on any atom is -0.411 e. The average molecular weight is 263 g/mol. The second kappa shape index (κ2) is 2.62. The van der Waals surface area contributed by atoms with Gasteiger partial charge >= 0.3 is 0 Å². The lowest BCUT2D eigenvalue weighted by atomic mass is 9.54. The van der Waals surface area contributed by atoms with E-state index >= 15 is 0 Å². The fourth-order valence-electron chi connectivity index (χ4n) is 6.74. The zero-order valence-corrected chi connectivity index (χ0v) is 10.0. The highest BCUT2D eigenvalue weighted by Gasteiger charge is 2.92. The van der Waals surface area contributed by atoms with Crippen molar-refractivity contribution < 1.29 is 15.3 Å². The van der Waals surface area contributed by atoms with Crippen molar-refractivity contribution in [3.8, 4) is 0 Å². The minimum absolute atomic E-state index is 0.00218. The molecule has 5 aliphatic rings. The maximum atomic E-state index is 11.8. The Kier molecular flexibility index (Phi) is 1.40. The third-order valence-corrected chi connectivity index (χ3v) is 6.83. The second-order valence-corrected chi connectivity index (χ2v) is 6.67. The van der Waals surface area contributed by atoms with Gasteiger partial charge in [0.15, 0.2) is 0 Å². The lowest BCUT2D eigenvalue weighted by Crippen LogP contribution is -2.64. The standard InChI is InChI=1S/C12H13N3O4/c16-13-10-3-1-4-8-7(3)9-5(10)2-6(11(4)14-17)12(8,9)15(18)19/h3-9,16-17H,1-2H2/b13-10?,14-11+/t3-,4+,5+,6-,7+,8-,9+,12-/m1/s1. The molecular weight excluding hydrogens is 250 g/mol. The molecule has 5 fully saturated rings. The smallest absolute Gasteiger partial charge is 0.237 e. The van der Waals surface area contributed by atoms with Crippen LogP contribution < -0.4 is 0 Å². The third-order valence-electron chi connectivity index (χ3n) is 6.83. The van der Waals surface area contributed by atoms with E-state index in [2.05, 4.69) is 10.3 Å². The predicted molar refractivity (Wildman–Crippen MR) is 61.8 cm³/mol. The Morgan fingerprint density at radius 3 is 2.32 bits per heavy atom. The van der Waals surface area contributed by atoms with Gasteiger partial charge in [0.25, 0.3) is 0 Å². The van der Waals surface area contributed by atoms with Crippen molar-refractivity contribution in [3.63, 3.8) is 0 Å². The number of nitro groups is 1. The summed E-state index contributed by atoms with van der Waals surface area (Å²) in [6.45, 7) is 0. The van der Waals surface area contributed by atoms with Gasteiger partial charge in [-0.3, -0.25) is 10.1 Å². The molecule has 0 heterocycles. The summed E-state index contributed by atoms with van der Waals surface area (Å²) in [5, 5.41) is 37.2. The molecule has 0 unspecified atom stereocenters. The molecule has 7 nitrogen and oxygen atoms in total. The largest absolute Gasteiger partial charge is 0.411 e. The molecule has 7 heteroatoms. The maximum absolute atomic E-state index is 11.8. The van der Waals surface area contributed by atoms with Gasteiger partial charge in [0.2, 0.25) is 5.54 Å². The van der Waals surface area contributed by atoms with E-state index in [4.69, 9.17) is 0 Å². The topological polar surface area (TPSA) is 108 Å². The molecule has 2 N–H and O–H groups in total. The Hall–Kier alpha value is -1.66. The van der Waals surface area contributed by atoms with Crippen LogP contribution in [0.15, 0.2) is 10.3 Å². The molecule has 0 bridgehead atoms. The van der Waals surface area contributed by atoms with Crippen molar-refractivity contribution in [2.24, 2.45) is 51.7 Å². The van der Waals surface area contributed by atoms with Crippen LogP contribution >= 0.6 is 0 Å². The first-order valence-corrected chi connectivity index (χ1v) is 6.76. The van der Waals surface area contributed by atoms with Crippen LogP contribution in [0.1, 0.15) is 12.8 Å². The number of hydrogen-bond donors (Lipinski definition) is 2. The highest BCUT2D eigenvalue weighted by atomic mass is 16.6. The summed E-state index contributed by atoms with van der Waals surface area (Å²) < 4.78 is 0. The first-order valence-electron chi connectivity index (χ1n) is 6.76. The Morgan fingerprint density at radius 1 is 1.11 bits per heavy atom. The molecule has 0 radical (unpaired) electrons. The van der Waals surface area contributed by atoms with E-state index in [-0.39, 0.29) is 46.3 Å². The summed E-state index contributed by atoms with van der Waals surface area (Å²) in [5.41, 5.74) is 0.504. The Bertz CT molecular complexity index is 576. The van der Waals surface area contributed by atoms with E-state index in [9.17, 15) is 20.5 Å². The summed E-state index contributed by atoms with van der Waals surface area (Å²) >= 11 is 0. The van der Waals surface area contributed by atoms with Gasteiger partial charge in [0, 0.05) is 34.5 Å². The van der Waals surface area contributed by atoms with Gasteiger partial charge in [-0.15, -0.1) is 0 Å². The van der Waals surface area contributed by atoms with Crippen LogP contribution in [0.3, 0.4) is 0 Å². The van der Waals surface area contributed by atoms with Crippen LogP contribution in [0, 0.1) is 51.5 Å². The van der Waals surface area contributed by atoms with E-state index < -0.39 is 5.54 Å². The van der Waals surface area contributed by atoms with Crippen molar-refractivity contribution in [2.45, 2.75) is 18.4 Å². The van der Waals surface area contributed by atoms with Crippen LogP contribution in [0.5, 0.6) is 0 Å². The molecule has 0 aliphatic heterocycles. The Morgan fingerprint density at radius 2 is 1.74 bits per heavy atom. The Balaban J connectivity index is 1.80. The zero-order valence-electron chi connectivity index (χ0n) is 10.0. The number of hydrogen-bond acceptors (Lipinski definition) is 6. The fraction of sp³-hybridized carbons (Fsp3) is 0.833. The molecule has 0 aromatic heterocycles. The highest BCUT2D eigenvalue weighted by Crippen LogP contribution is 2.80. The Labute approximate surface area is 108 Å². The first kappa shape index (κ1) is 10.2. The van der Waals surface area contributed by atoms with E-state index in [1.165, 1.54) is 0 Å². The van der Waals surface area contributed by atoms with E-state index in [1.807, 2.05) is 0 Å². The highest BCUT2D eigenvalue weighted by molar-refractivity contribution is 6.02. The molecule has 100 valence electrons. The third kappa shape index (κ3) is 0.679. The summed E-state index contributed by atoms with van der Waals surface area (Å²) in [6, 6.07) is 0.